The van der Waals surface area contributed by atoms with Gasteiger partial charge in [0.05, 0.1) is 6.20 Å². The molecule has 0 saturated carbocycles. The Hall–Kier alpha value is -1.08. The van der Waals surface area contributed by atoms with Crippen LogP contribution in [0.5, 0.6) is 0 Å². The van der Waals surface area contributed by atoms with Crippen molar-refractivity contribution in [3.63, 3.8) is 0 Å². The summed E-state index contributed by atoms with van der Waals surface area (Å²) in [6, 6.07) is 2.09. The molecule has 0 amide bonds. The molecule has 14 heavy (non-hydrogen) atoms. The Balaban J connectivity index is 2.71. The van der Waals surface area contributed by atoms with Crippen molar-refractivity contribution in [2.75, 3.05) is 18.5 Å². The van der Waals surface area contributed by atoms with Crippen molar-refractivity contribution in [3.05, 3.63) is 11.1 Å². The van der Waals surface area contributed by atoms with Crippen LogP contribution in [0.1, 0.15) is 25.6 Å². The summed E-state index contributed by atoms with van der Waals surface area (Å²) in [6.07, 6.45) is 1.62. The summed E-state index contributed by atoms with van der Waals surface area (Å²) < 4.78 is 0. The molecule has 0 bridgehead atoms. The number of hydrogen-bond donors (Lipinski definition) is 0. The number of rotatable bonds is 2. The molecule has 0 aromatic carbocycles. The molecule has 0 saturated heterocycles. The lowest BCUT2D eigenvalue weighted by Gasteiger charge is -2.25. The van der Waals surface area contributed by atoms with E-state index in [0.717, 1.165) is 11.7 Å². The molecule has 3 nitrogen and oxygen atoms in total. The van der Waals surface area contributed by atoms with E-state index >= 15 is 0 Å². The Morgan fingerprint density at radius 3 is 2.64 bits per heavy atom. The van der Waals surface area contributed by atoms with E-state index in [2.05, 4.69) is 36.7 Å². The molecule has 0 aliphatic rings. The molecule has 0 N–H and O–H groups in total. The minimum Gasteiger partial charge on any atom is -0.351 e. The predicted octanol–water partition coefficient (Wildman–Crippen LogP) is 2.50. The average Bonchev–Trinajstić information content (AvgIpc) is 2.48. The topological polar surface area (TPSA) is 39.9 Å². The van der Waals surface area contributed by atoms with E-state index < -0.39 is 0 Å². The number of thiazole rings is 1. The van der Waals surface area contributed by atoms with Crippen molar-refractivity contribution in [1.29, 1.82) is 5.26 Å². The van der Waals surface area contributed by atoms with E-state index in [1.54, 1.807) is 6.20 Å². The maximum absolute atomic E-state index is 8.67. The zero-order chi connectivity index (χ0) is 10.8. The van der Waals surface area contributed by atoms with Gasteiger partial charge in [-0.2, -0.15) is 5.26 Å². The molecule has 1 aromatic rings. The Bertz CT molecular complexity index is 343. The van der Waals surface area contributed by atoms with Crippen molar-refractivity contribution in [1.82, 2.24) is 4.98 Å². The summed E-state index contributed by atoms with van der Waals surface area (Å²) in [5.41, 5.74) is 0.243. The normalized spacial score (nSPS) is 11.1. The average molecular weight is 209 g/mol. The van der Waals surface area contributed by atoms with Crippen LogP contribution in [0.4, 0.5) is 5.13 Å². The van der Waals surface area contributed by atoms with E-state index in [0.29, 0.717) is 4.88 Å². The molecule has 0 spiro atoms. The van der Waals surface area contributed by atoms with Crippen molar-refractivity contribution in [3.8, 4) is 6.07 Å². The lowest BCUT2D eigenvalue weighted by Crippen LogP contribution is -2.28. The van der Waals surface area contributed by atoms with Crippen LogP contribution in [0.15, 0.2) is 6.20 Å². The van der Waals surface area contributed by atoms with Crippen LogP contribution < -0.4 is 4.90 Å². The molecule has 0 aliphatic carbocycles. The van der Waals surface area contributed by atoms with Crippen molar-refractivity contribution in [2.24, 2.45) is 5.41 Å². The monoisotopic (exact) mass is 209 g/mol. The van der Waals surface area contributed by atoms with Gasteiger partial charge < -0.3 is 4.90 Å². The molecule has 1 rings (SSSR count). The summed E-state index contributed by atoms with van der Waals surface area (Å²) in [4.78, 5) is 6.95. The largest absolute Gasteiger partial charge is 0.351 e. The minimum absolute atomic E-state index is 0.243. The standard InChI is InChI=1S/C10H15N3S/c1-10(2,3)7-13(4)9-12-6-8(5-11)14-9/h6H,7H2,1-4H3. The smallest absolute Gasteiger partial charge is 0.186 e. The lowest BCUT2D eigenvalue weighted by molar-refractivity contribution is 0.419. The third-order valence-electron chi connectivity index (χ3n) is 1.64. The molecule has 0 unspecified atom stereocenters. The number of aromatic nitrogens is 1. The zero-order valence-electron chi connectivity index (χ0n) is 9.03. The van der Waals surface area contributed by atoms with Gasteiger partial charge in [-0.15, -0.1) is 0 Å². The first-order chi connectivity index (χ1) is 6.42. The first kappa shape index (κ1) is 11.0. The second kappa shape index (κ2) is 3.97. The molecule has 76 valence electrons. The quantitative estimate of drug-likeness (QED) is 0.751. The third kappa shape index (κ3) is 3.00. The molecule has 0 aliphatic heterocycles. The molecular weight excluding hydrogens is 194 g/mol. The molecule has 1 aromatic heterocycles. The summed E-state index contributed by atoms with van der Waals surface area (Å²) in [7, 11) is 2.01. The zero-order valence-corrected chi connectivity index (χ0v) is 9.85. The van der Waals surface area contributed by atoms with E-state index in [1.165, 1.54) is 11.3 Å². The minimum atomic E-state index is 0.243. The van der Waals surface area contributed by atoms with E-state index in [4.69, 9.17) is 5.26 Å². The highest BCUT2D eigenvalue weighted by Gasteiger charge is 2.15. The van der Waals surface area contributed by atoms with Gasteiger partial charge in [0.1, 0.15) is 10.9 Å². The first-order valence-electron chi connectivity index (χ1n) is 4.49. The lowest BCUT2D eigenvalue weighted by atomic mass is 9.96. The Labute approximate surface area is 89.0 Å². The van der Waals surface area contributed by atoms with E-state index in [1.807, 2.05) is 7.05 Å². The number of anilines is 1. The first-order valence-corrected chi connectivity index (χ1v) is 5.31. The van der Waals surface area contributed by atoms with Gasteiger partial charge in [-0.25, -0.2) is 4.98 Å². The summed E-state index contributed by atoms with van der Waals surface area (Å²) in [5, 5.41) is 9.58. The SMILES string of the molecule is CN(CC(C)(C)C)c1ncc(C#N)s1. The predicted molar refractivity (Wildman–Crippen MR) is 59.6 cm³/mol. The fourth-order valence-electron chi connectivity index (χ4n) is 1.27. The fourth-order valence-corrected chi connectivity index (χ4v) is 1.95. The van der Waals surface area contributed by atoms with Gasteiger partial charge in [0.25, 0.3) is 0 Å². The van der Waals surface area contributed by atoms with Crippen molar-refractivity contribution in [2.45, 2.75) is 20.8 Å². The molecule has 0 radical (unpaired) electrons. The van der Waals surface area contributed by atoms with Gasteiger partial charge in [0.2, 0.25) is 0 Å². The molecule has 0 fully saturated rings. The van der Waals surface area contributed by atoms with Gasteiger partial charge in [-0.1, -0.05) is 32.1 Å². The summed E-state index contributed by atoms with van der Waals surface area (Å²) in [6.45, 7) is 7.48. The van der Waals surface area contributed by atoms with E-state index in [9.17, 15) is 0 Å². The highest BCUT2D eigenvalue weighted by Crippen LogP contribution is 2.24. The van der Waals surface area contributed by atoms with Crippen molar-refractivity contribution >= 4 is 16.5 Å². The van der Waals surface area contributed by atoms with Gasteiger partial charge >= 0.3 is 0 Å². The van der Waals surface area contributed by atoms with Crippen LogP contribution >= 0.6 is 11.3 Å². The van der Waals surface area contributed by atoms with Gasteiger partial charge in [-0.3, -0.25) is 0 Å². The van der Waals surface area contributed by atoms with Crippen LogP contribution in [0.25, 0.3) is 0 Å². The van der Waals surface area contributed by atoms with Crippen molar-refractivity contribution < 1.29 is 0 Å². The third-order valence-corrected chi connectivity index (χ3v) is 2.66. The Kier molecular flexibility index (Phi) is 3.12. The number of nitrogens with zero attached hydrogens (tertiary/aromatic N) is 3. The Morgan fingerprint density at radius 1 is 1.57 bits per heavy atom. The summed E-state index contributed by atoms with van der Waals surface area (Å²) in [5.74, 6) is 0. The molecular formula is C10H15N3S. The number of nitriles is 1. The molecule has 4 heteroatoms. The van der Waals surface area contributed by atoms with Crippen LogP contribution in [0, 0.1) is 16.7 Å². The van der Waals surface area contributed by atoms with Crippen LogP contribution in [-0.4, -0.2) is 18.6 Å². The highest BCUT2D eigenvalue weighted by molar-refractivity contribution is 7.16. The summed E-state index contributed by atoms with van der Waals surface area (Å²) >= 11 is 1.44. The maximum Gasteiger partial charge on any atom is 0.186 e. The van der Waals surface area contributed by atoms with E-state index in [-0.39, 0.29) is 5.41 Å². The van der Waals surface area contributed by atoms with Gasteiger partial charge in [0, 0.05) is 13.6 Å². The molecule has 0 atom stereocenters. The van der Waals surface area contributed by atoms with Gasteiger partial charge in [0.15, 0.2) is 5.13 Å². The fraction of sp³-hybridized carbons (Fsp3) is 0.600. The second-order valence-corrected chi connectivity index (χ2v) is 5.54. The van der Waals surface area contributed by atoms with Crippen LogP contribution in [-0.2, 0) is 0 Å². The Morgan fingerprint density at radius 2 is 2.21 bits per heavy atom. The second-order valence-electron chi connectivity index (χ2n) is 4.54. The van der Waals surface area contributed by atoms with Crippen LogP contribution in [0.2, 0.25) is 0 Å². The number of hydrogen-bond acceptors (Lipinski definition) is 4. The van der Waals surface area contributed by atoms with Crippen LogP contribution in [0.3, 0.4) is 0 Å². The highest BCUT2D eigenvalue weighted by atomic mass is 32.1. The maximum atomic E-state index is 8.67. The molecule has 1 heterocycles. The van der Waals surface area contributed by atoms with Gasteiger partial charge in [-0.05, 0) is 5.41 Å².